The Morgan fingerprint density at radius 1 is 1.23 bits per heavy atom. The molecule has 0 bridgehead atoms. The maximum absolute atomic E-state index is 13.1. The van der Waals surface area contributed by atoms with Crippen molar-refractivity contribution in [1.82, 2.24) is 9.62 Å². The zero-order valence-electron chi connectivity index (χ0n) is 14.0. The number of piperidine rings is 1. The number of sulfonamides is 1. The summed E-state index contributed by atoms with van der Waals surface area (Å²) in [6, 6.07) is 4.09. The molecule has 0 aromatic heterocycles. The highest BCUT2D eigenvalue weighted by molar-refractivity contribution is 7.89. The fourth-order valence-electron chi connectivity index (χ4n) is 2.86. The van der Waals surface area contributed by atoms with Gasteiger partial charge in [0.2, 0.25) is 15.9 Å². The van der Waals surface area contributed by atoms with Crippen LogP contribution in [-0.2, 0) is 21.0 Å². The van der Waals surface area contributed by atoms with Crippen LogP contribution in [0.25, 0.3) is 0 Å². The second-order valence-electron chi connectivity index (χ2n) is 6.04. The summed E-state index contributed by atoms with van der Waals surface area (Å²) in [6.07, 6.45) is -3.88. The van der Waals surface area contributed by atoms with Crippen molar-refractivity contribution >= 4 is 15.9 Å². The number of alkyl halides is 3. The Balaban J connectivity index is 2.08. The van der Waals surface area contributed by atoms with E-state index in [0.29, 0.717) is 13.0 Å². The average molecular weight is 394 g/mol. The number of nitrogens with zero attached hydrogens (tertiary/aromatic N) is 1. The van der Waals surface area contributed by atoms with E-state index >= 15 is 0 Å². The second-order valence-corrected chi connectivity index (χ2v) is 7.95. The quantitative estimate of drug-likeness (QED) is 0.718. The van der Waals surface area contributed by atoms with Crippen LogP contribution >= 0.6 is 0 Å². The summed E-state index contributed by atoms with van der Waals surface area (Å²) in [5.74, 6) is -0.621. The Morgan fingerprint density at radius 2 is 1.85 bits per heavy atom. The number of nitrogens with one attached hydrogen (secondary N) is 1. The molecule has 0 unspecified atom stereocenters. The van der Waals surface area contributed by atoms with Crippen LogP contribution in [0.4, 0.5) is 13.2 Å². The van der Waals surface area contributed by atoms with Crippen molar-refractivity contribution in [3.8, 4) is 0 Å². The van der Waals surface area contributed by atoms with Gasteiger partial charge in [-0.15, -0.1) is 0 Å². The monoisotopic (exact) mass is 394 g/mol. The summed E-state index contributed by atoms with van der Waals surface area (Å²) in [7, 11) is -4.30. The Bertz CT molecular complexity index is 729. The summed E-state index contributed by atoms with van der Waals surface area (Å²) in [5, 5.41) is 11.3. The van der Waals surface area contributed by atoms with E-state index in [1.54, 1.807) is 0 Å². The average Bonchev–Trinajstić information content (AvgIpc) is 2.61. The van der Waals surface area contributed by atoms with E-state index < -0.39 is 32.6 Å². The van der Waals surface area contributed by atoms with Crippen molar-refractivity contribution in [2.24, 2.45) is 5.92 Å². The number of benzene rings is 1. The largest absolute Gasteiger partial charge is 0.417 e. The summed E-state index contributed by atoms with van der Waals surface area (Å²) in [5.41, 5.74) is -1.19. The number of amides is 1. The number of carbonyl (C=O) groups excluding carboxylic acids is 1. The van der Waals surface area contributed by atoms with Gasteiger partial charge in [-0.05, 0) is 31.4 Å². The number of rotatable bonds is 6. The molecule has 1 fully saturated rings. The molecule has 0 atom stereocenters. The topological polar surface area (TPSA) is 86.7 Å². The van der Waals surface area contributed by atoms with E-state index in [-0.39, 0.29) is 38.4 Å². The van der Waals surface area contributed by atoms with Gasteiger partial charge in [-0.1, -0.05) is 12.1 Å². The maximum Gasteiger partial charge on any atom is 0.417 e. The van der Waals surface area contributed by atoms with Gasteiger partial charge in [0.15, 0.2) is 0 Å². The number of aliphatic hydroxyl groups is 1. The number of carbonyl (C=O) groups is 1. The van der Waals surface area contributed by atoms with Gasteiger partial charge < -0.3 is 10.4 Å². The van der Waals surface area contributed by atoms with Crippen LogP contribution in [0.15, 0.2) is 29.2 Å². The Labute approximate surface area is 150 Å². The summed E-state index contributed by atoms with van der Waals surface area (Å²) in [6.45, 7) is 0.238. The normalized spacial score (nSPS) is 17.2. The molecule has 26 heavy (non-hydrogen) atoms. The minimum Gasteiger partial charge on any atom is -0.396 e. The van der Waals surface area contributed by atoms with Crippen LogP contribution in [0.1, 0.15) is 24.8 Å². The molecule has 1 amide bonds. The molecule has 0 saturated carbocycles. The number of hydrogen-bond acceptors (Lipinski definition) is 4. The predicted molar refractivity (Wildman–Crippen MR) is 87.6 cm³/mol. The number of hydrogen-bond donors (Lipinski definition) is 2. The Morgan fingerprint density at radius 3 is 2.42 bits per heavy atom. The van der Waals surface area contributed by atoms with Crippen LogP contribution in [0, 0.1) is 5.92 Å². The van der Waals surface area contributed by atoms with E-state index in [1.807, 2.05) is 0 Å². The van der Waals surface area contributed by atoms with Crippen LogP contribution < -0.4 is 5.32 Å². The fourth-order valence-corrected chi connectivity index (χ4v) is 4.54. The lowest BCUT2D eigenvalue weighted by molar-refractivity contribution is -0.139. The van der Waals surface area contributed by atoms with Crippen LogP contribution in [0.5, 0.6) is 0 Å². The summed E-state index contributed by atoms with van der Waals surface area (Å²) < 4.78 is 65.6. The Kier molecular flexibility index (Phi) is 6.64. The lowest BCUT2D eigenvalue weighted by Crippen LogP contribution is -2.43. The molecule has 0 radical (unpaired) electrons. The molecular weight excluding hydrogens is 373 g/mol. The van der Waals surface area contributed by atoms with Crippen LogP contribution in [0.2, 0.25) is 0 Å². The molecule has 1 saturated heterocycles. The smallest absolute Gasteiger partial charge is 0.396 e. The highest BCUT2D eigenvalue weighted by atomic mass is 32.2. The third-order valence-electron chi connectivity index (χ3n) is 4.27. The molecule has 2 N–H and O–H groups in total. The van der Waals surface area contributed by atoms with E-state index in [1.165, 1.54) is 6.07 Å². The highest BCUT2D eigenvalue weighted by Gasteiger charge is 2.40. The van der Waals surface area contributed by atoms with Gasteiger partial charge in [-0.3, -0.25) is 4.79 Å². The minimum absolute atomic E-state index is 0.0212. The van der Waals surface area contributed by atoms with E-state index in [9.17, 15) is 26.4 Å². The number of halogens is 3. The first kappa shape index (κ1) is 20.7. The van der Waals surface area contributed by atoms with E-state index in [0.717, 1.165) is 22.5 Å². The fraction of sp³-hybridized carbons (Fsp3) is 0.562. The zero-order chi connectivity index (χ0) is 19.4. The van der Waals surface area contributed by atoms with Crippen molar-refractivity contribution in [2.75, 3.05) is 26.2 Å². The molecule has 1 aliphatic rings. The molecule has 1 heterocycles. The molecule has 1 aliphatic heterocycles. The molecule has 10 heteroatoms. The lowest BCUT2D eigenvalue weighted by atomic mass is 9.97. The van der Waals surface area contributed by atoms with E-state index in [4.69, 9.17) is 5.11 Å². The van der Waals surface area contributed by atoms with Gasteiger partial charge in [0.05, 0.1) is 10.5 Å². The van der Waals surface area contributed by atoms with Crippen molar-refractivity contribution in [1.29, 1.82) is 0 Å². The number of aliphatic hydroxyl groups excluding tert-OH is 1. The first-order valence-electron chi connectivity index (χ1n) is 8.23. The van der Waals surface area contributed by atoms with Crippen molar-refractivity contribution in [3.63, 3.8) is 0 Å². The lowest BCUT2D eigenvalue weighted by Gasteiger charge is -2.31. The molecule has 0 aliphatic carbocycles. The predicted octanol–water partition coefficient (Wildman–Crippen LogP) is 1.60. The summed E-state index contributed by atoms with van der Waals surface area (Å²) >= 11 is 0. The van der Waals surface area contributed by atoms with Crippen LogP contribution in [0.3, 0.4) is 0 Å². The molecule has 1 aromatic carbocycles. The van der Waals surface area contributed by atoms with E-state index in [2.05, 4.69) is 5.32 Å². The molecule has 1 aromatic rings. The molecule has 2 rings (SSSR count). The third-order valence-corrected chi connectivity index (χ3v) is 6.23. The molecular formula is C16H21F3N2O4S. The van der Waals surface area contributed by atoms with Crippen LogP contribution in [-0.4, -0.2) is 50.0 Å². The van der Waals surface area contributed by atoms with Crippen molar-refractivity contribution < 1.29 is 31.5 Å². The molecule has 146 valence electrons. The SMILES string of the molecule is O=C(NCCCO)C1CCN(S(=O)(=O)c2ccccc2C(F)(F)F)CC1. The van der Waals surface area contributed by atoms with Gasteiger partial charge in [0.1, 0.15) is 0 Å². The Hall–Kier alpha value is -1.65. The van der Waals surface area contributed by atoms with Gasteiger partial charge in [0, 0.05) is 32.2 Å². The van der Waals surface area contributed by atoms with Gasteiger partial charge in [0.25, 0.3) is 0 Å². The first-order valence-corrected chi connectivity index (χ1v) is 9.67. The van der Waals surface area contributed by atoms with Gasteiger partial charge >= 0.3 is 6.18 Å². The second kappa shape index (κ2) is 8.36. The first-order chi connectivity index (χ1) is 12.2. The third kappa shape index (κ3) is 4.74. The van der Waals surface area contributed by atoms with Gasteiger partial charge in [-0.2, -0.15) is 17.5 Å². The van der Waals surface area contributed by atoms with Crippen molar-refractivity contribution in [3.05, 3.63) is 29.8 Å². The van der Waals surface area contributed by atoms with Crippen molar-refractivity contribution in [2.45, 2.75) is 30.3 Å². The standard InChI is InChI=1S/C16H21F3N2O4S/c17-16(18,19)13-4-1-2-5-14(13)26(24,25)21-9-6-12(7-10-21)15(23)20-8-3-11-22/h1-2,4-5,12,22H,3,6-11H2,(H,20,23). The zero-order valence-corrected chi connectivity index (χ0v) is 14.8. The van der Waals surface area contributed by atoms with Gasteiger partial charge in [-0.25, -0.2) is 8.42 Å². The summed E-state index contributed by atoms with van der Waals surface area (Å²) in [4.78, 5) is 11.2. The highest BCUT2D eigenvalue weighted by Crippen LogP contribution is 2.36. The maximum atomic E-state index is 13.1. The minimum atomic E-state index is -4.77. The molecule has 0 spiro atoms. The molecule has 6 nitrogen and oxygen atoms in total.